The average Bonchev–Trinajstić information content (AvgIpc) is 2.99. The van der Waals surface area contributed by atoms with Gasteiger partial charge in [0.15, 0.2) is 5.96 Å². The van der Waals surface area contributed by atoms with Gasteiger partial charge in [-0.1, -0.05) is 0 Å². The molecule has 0 spiro atoms. The van der Waals surface area contributed by atoms with E-state index in [-0.39, 0.29) is 24.0 Å². The number of halogens is 1. The molecule has 1 aromatic rings. The molecule has 7 heteroatoms. The highest BCUT2D eigenvalue weighted by Crippen LogP contribution is 2.23. The second-order valence-electron chi connectivity index (χ2n) is 4.96. The van der Waals surface area contributed by atoms with Crippen LogP contribution < -0.4 is 10.6 Å². The molecule has 22 heavy (non-hydrogen) atoms. The minimum atomic E-state index is -0.937. The van der Waals surface area contributed by atoms with Crippen LogP contribution in [0.1, 0.15) is 32.8 Å². The van der Waals surface area contributed by atoms with E-state index in [0.29, 0.717) is 6.54 Å². The van der Waals surface area contributed by atoms with Crippen molar-refractivity contribution in [1.29, 1.82) is 0 Å². The summed E-state index contributed by atoms with van der Waals surface area (Å²) in [6.45, 7) is 9.21. The van der Waals surface area contributed by atoms with Crippen LogP contribution >= 0.6 is 35.3 Å². The Morgan fingerprint density at radius 2 is 2.18 bits per heavy atom. The molecule has 0 aromatic carbocycles. The Hall–Kier alpha value is -0.380. The molecule has 128 valence electrons. The van der Waals surface area contributed by atoms with Gasteiger partial charge in [-0.05, 0) is 49.6 Å². The third-order valence-corrected chi connectivity index (χ3v) is 3.68. The average molecular weight is 441 g/mol. The number of rotatable bonds is 9. The number of nitrogens with one attached hydrogen (secondary N) is 2. The van der Waals surface area contributed by atoms with Crippen molar-refractivity contribution in [2.24, 2.45) is 4.99 Å². The Morgan fingerprint density at radius 3 is 2.77 bits per heavy atom. The van der Waals surface area contributed by atoms with Crippen LogP contribution in [0.4, 0.5) is 0 Å². The Bertz CT molecular complexity index is 411. The van der Waals surface area contributed by atoms with Gasteiger partial charge in [0.05, 0.1) is 6.54 Å². The Kier molecular flexibility index (Phi) is 11.9. The minimum absolute atomic E-state index is 0. The molecule has 0 aliphatic heterocycles. The number of ether oxygens (including phenoxy) is 1. The van der Waals surface area contributed by atoms with E-state index in [4.69, 9.17) is 4.74 Å². The summed E-state index contributed by atoms with van der Waals surface area (Å²) in [5, 5.41) is 20.8. The summed E-state index contributed by atoms with van der Waals surface area (Å²) >= 11 is 1.58. The highest BCUT2D eigenvalue weighted by Gasteiger charge is 2.23. The Morgan fingerprint density at radius 1 is 1.41 bits per heavy atom. The first-order valence-corrected chi connectivity index (χ1v) is 8.39. The standard InChI is InChI=1S/C15H27N3O2S.HI/c1-4-16-14(17-8-6-9-20-5-2)18-12-15(3,19)13-7-10-21-11-13;/h7,10-11,19H,4-6,8-9,12H2,1-3H3,(H2,16,17,18);1H. The SMILES string of the molecule is CCNC(=NCC(C)(O)c1ccsc1)NCCCOCC.I. The summed E-state index contributed by atoms with van der Waals surface area (Å²) in [6, 6.07) is 1.93. The zero-order valence-electron chi connectivity index (χ0n) is 13.6. The Balaban J connectivity index is 0.00000441. The molecule has 1 aromatic heterocycles. The van der Waals surface area contributed by atoms with Gasteiger partial charge in [0, 0.05) is 26.3 Å². The van der Waals surface area contributed by atoms with E-state index < -0.39 is 5.60 Å². The van der Waals surface area contributed by atoms with Crippen molar-refractivity contribution < 1.29 is 9.84 Å². The summed E-state index contributed by atoms with van der Waals surface area (Å²) in [7, 11) is 0. The molecule has 0 amide bonds. The van der Waals surface area contributed by atoms with Gasteiger partial charge in [0.1, 0.15) is 5.60 Å². The van der Waals surface area contributed by atoms with Crippen LogP contribution in [0, 0.1) is 0 Å². The van der Waals surface area contributed by atoms with Gasteiger partial charge in [0.25, 0.3) is 0 Å². The van der Waals surface area contributed by atoms with E-state index >= 15 is 0 Å². The molecule has 3 N–H and O–H groups in total. The van der Waals surface area contributed by atoms with Crippen molar-refractivity contribution in [3.8, 4) is 0 Å². The van der Waals surface area contributed by atoms with Crippen LogP contribution in [0.2, 0.25) is 0 Å². The number of guanidine groups is 1. The normalized spacial score (nSPS) is 14.1. The summed E-state index contributed by atoms with van der Waals surface area (Å²) in [5.41, 5.74) is -0.0309. The molecule has 1 atom stereocenters. The number of hydrogen-bond acceptors (Lipinski definition) is 4. The molecule has 0 saturated carbocycles. The van der Waals surface area contributed by atoms with E-state index in [1.54, 1.807) is 18.3 Å². The van der Waals surface area contributed by atoms with Crippen molar-refractivity contribution in [2.75, 3.05) is 32.8 Å². The second-order valence-corrected chi connectivity index (χ2v) is 5.74. The van der Waals surface area contributed by atoms with E-state index in [1.807, 2.05) is 30.7 Å². The fourth-order valence-corrected chi connectivity index (χ4v) is 2.55. The number of hydrogen-bond donors (Lipinski definition) is 3. The molecule has 1 rings (SSSR count). The van der Waals surface area contributed by atoms with Crippen molar-refractivity contribution in [2.45, 2.75) is 32.8 Å². The maximum Gasteiger partial charge on any atom is 0.191 e. The molecule has 1 unspecified atom stereocenters. The molecule has 5 nitrogen and oxygen atoms in total. The first kappa shape index (κ1) is 21.6. The van der Waals surface area contributed by atoms with E-state index in [2.05, 4.69) is 15.6 Å². The highest BCUT2D eigenvalue weighted by molar-refractivity contribution is 14.0. The number of nitrogens with zero attached hydrogens (tertiary/aromatic N) is 1. The monoisotopic (exact) mass is 441 g/mol. The minimum Gasteiger partial charge on any atom is -0.383 e. The lowest BCUT2D eigenvalue weighted by molar-refractivity contribution is 0.0677. The van der Waals surface area contributed by atoms with Crippen molar-refractivity contribution in [1.82, 2.24) is 10.6 Å². The van der Waals surface area contributed by atoms with Gasteiger partial charge >= 0.3 is 0 Å². The molecular formula is C15H28IN3O2S. The van der Waals surface area contributed by atoms with Gasteiger partial charge in [-0.15, -0.1) is 24.0 Å². The summed E-state index contributed by atoms with van der Waals surface area (Å²) in [6.07, 6.45) is 0.930. The molecule has 0 fully saturated rings. The quantitative estimate of drug-likeness (QED) is 0.239. The fourth-order valence-electron chi connectivity index (χ4n) is 1.76. The highest BCUT2D eigenvalue weighted by atomic mass is 127. The third-order valence-electron chi connectivity index (χ3n) is 2.99. The van der Waals surface area contributed by atoms with Crippen LogP contribution in [0.25, 0.3) is 0 Å². The van der Waals surface area contributed by atoms with Crippen molar-refractivity contribution in [3.63, 3.8) is 0 Å². The zero-order chi connectivity index (χ0) is 15.6. The predicted molar refractivity (Wildman–Crippen MR) is 104 cm³/mol. The molecule has 0 saturated heterocycles. The fraction of sp³-hybridized carbons (Fsp3) is 0.667. The number of aliphatic hydroxyl groups is 1. The van der Waals surface area contributed by atoms with Gasteiger partial charge in [0.2, 0.25) is 0 Å². The Labute approximate surface area is 154 Å². The van der Waals surface area contributed by atoms with Crippen molar-refractivity contribution in [3.05, 3.63) is 22.4 Å². The summed E-state index contributed by atoms with van der Waals surface area (Å²) < 4.78 is 5.30. The van der Waals surface area contributed by atoms with Crippen LogP contribution in [0.15, 0.2) is 21.8 Å². The number of aliphatic imine (C=N–C) groups is 1. The lowest BCUT2D eigenvalue weighted by atomic mass is 10.00. The van der Waals surface area contributed by atoms with E-state index in [0.717, 1.165) is 44.2 Å². The van der Waals surface area contributed by atoms with Crippen molar-refractivity contribution >= 4 is 41.3 Å². The van der Waals surface area contributed by atoms with Gasteiger partial charge in [-0.2, -0.15) is 11.3 Å². The predicted octanol–water partition coefficient (Wildman–Crippen LogP) is 2.56. The lowest BCUT2D eigenvalue weighted by Gasteiger charge is -2.21. The van der Waals surface area contributed by atoms with Gasteiger partial charge in [-0.25, -0.2) is 4.99 Å². The first-order chi connectivity index (χ1) is 10.1. The topological polar surface area (TPSA) is 65.9 Å². The molecule has 0 aliphatic rings. The van der Waals surface area contributed by atoms with Crippen LogP contribution in [0.5, 0.6) is 0 Å². The maximum absolute atomic E-state index is 10.5. The van der Waals surface area contributed by atoms with E-state index in [1.165, 1.54) is 0 Å². The zero-order valence-corrected chi connectivity index (χ0v) is 16.7. The molecule has 1 heterocycles. The van der Waals surface area contributed by atoms with Crippen LogP contribution in [0.3, 0.4) is 0 Å². The summed E-state index contributed by atoms with van der Waals surface area (Å²) in [4.78, 5) is 4.47. The second kappa shape index (κ2) is 12.1. The first-order valence-electron chi connectivity index (χ1n) is 7.45. The smallest absolute Gasteiger partial charge is 0.191 e. The molecule has 0 radical (unpaired) electrons. The van der Waals surface area contributed by atoms with Crippen LogP contribution in [-0.4, -0.2) is 43.9 Å². The molecule has 0 aliphatic carbocycles. The maximum atomic E-state index is 10.5. The largest absolute Gasteiger partial charge is 0.383 e. The van der Waals surface area contributed by atoms with E-state index in [9.17, 15) is 5.11 Å². The van der Waals surface area contributed by atoms with Gasteiger partial charge in [-0.3, -0.25) is 0 Å². The summed E-state index contributed by atoms with van der Waals surface area (Å²) in [5.74, 6) is 0.726. The molecular weight excluding hydrogens is 413 g/mol. The molecule has 0 bridgehead atoms. The third kappa shape index (κ3) is 8.30. The van der Waals surface area contributed by atoms with Gasteiger partial charge < -0.3 is 20.5 Å². The number of thiophene rings is 1. The van der Waals surface area contributed by atoms with Crippen LogP contribution in [-0.2, 0) is 10.3 Å². The lowest BCUT2D eigenvalue weighted by Crippen LogP contribution is -2.39.